The van der Waals surface area contributed by atoms with Gasteiger partial charge in [0, 0.05) is 22.5 Å². The third-order valence-electron chi connectivity index (χ3n) is 3.74. The molecule has 0 fully saturated rings. The lowest BCUT2D eigenvalue weighted by Crippen LogP contribution is -2.15. The molecular weight excluding hydrogens is 266 g/mol. The number of halogens is 1. The average Bonchev–Trinajstić information content (AvgIpc) is 2.68. The molecule has 2 aliphatic rings. The third kappa shape index (κ3) is 1.28. The zero-order valence-electron chi connectivity index (χ0n) is 9.64. The van der Waals surface area contributed by atoms with Crippen LogP contribution in [0.2, 0.25) is 0 Å². The first-order valence-electron chi connectivity index (χ1n) is 5.75. The van der Waals surface area contributed by atoms with E-state index in [0.29, 0.717) is 0 Å². The molecule has 3 rings (SSSR count). The Morgan fingerprint density at radius 1 is 1.50 bits per heavy atom. The van der Waals surface area contributed by atoms with E-state index < -0.39 is 0 Å². The zero-order chi connectivity index (χ0) is 11.5. The molecule has 3 heteroatoms. The lowest BCUT2D eigenvalue weighted by molar-refractivity contribution is 0.345. The molecule has 0 bridgehead atoms. The minimum absolute atomic E-state index is 0.132. The summed E-state index contributed by atoms with van der Waals surface area (Å²) in [4.78, 5) is 0. The van der Waals surface area contributed by atoms with Gasteiger partial charge in [0.05, 0.1) is 6.61 Å². The number of fused-ring (bicyclic) bond motifs is 3. The number of nitrogens with two attached hydrogens (primary N) is 1. The minimum atomic E-state index is 0.132. The molecule has 0 aromatic heterocycles. The largest absolute Gasteiger partial charge is 0.493 e. The van der Waals surface area contributed by atoms with Crippen molar-refractivity contribution in [2.75, 3.05) is 6.61 Å². The van der Waals surface area contributed by atoms with Crippen molar-refractivity contribution < 1.29 is 4.74 Å². The standard InChI is InChI=1S/C13H16BrNO/c1-13(2)6-9(15)10-8(14)5-7-3-4-16-12(7)11(10)13/h5,9H,3-4,6,15H2,1-2H3/t9-/m0/s1. The lowest BCUT2D eigenvalue weighted by atomic mass is 9.85. The van der Waals surface area contributed by atoms with Gasteiger partial charge >= 0.3 is 0 Å². The Bertz CT molecular complexity index is 467. The smallest absolute Gasteiger partial charge is 0.126 e. The summed E-state index contributed by atoms with van der Waals surface area (Å²) in [6.07, 6.45) is 2.02. The molecule has 16 heavy (non-hydrogen) atoms. The van der Waals surface area contributed by atoms with Crippen LogP contribution in [-0.2, 0) is 11.8 Å². The van der Waals surface area contributed by atoms with E-state index in [1.54, 1.807) is 0 Å². The molecule has 86 valence electrons. The fraction of sp³-hybridized carbons (Fsp3) is 0.538. The monoisotopic (exact) mass is 281 g/mol. The van der Waals surface area contributed by atoms with Crippen molar-refractivity contribution in [1.29, 1.82) is 0 Å². The molecule has 1 atom stereocenters. The highest BCUT2D eigenvalue weighted by Crippen LogP contribution is 2.52. The topological polar surface area (TPSA) is 35.2 Å². The molecule has 1 aromatic rings. The first kappa shape index (κ1) is 10.6. The van der Waals surface area contributed by atoms with E-state index in [1.165, 1.54) is 16.7 Å². The van der Waals surface area contributed by atoms with Crippen molar-refractivity contribution in [3.8, 4) is 5.75 Å². The van der Waals surface area contributed by atoms with Gasteiger partial charge in [-0.25, -0.2) is 0 Å². The molecule has 0 saturated carbocycles. The van der Waals surface area contributed by atoms with Gasteiger partial charge in [0.25, 0.3) is 0 Å². The summed E-state index contributed by atoms with van der Waals surface area (Å²) < 4.78 is 6.96. The molecule has 0 saturated heterocycles. The molecule has 2 N–H and O–H groups in total. The minimum Gasteiger partial charge on any atom is -0.493 e. The summed E-state index contributed by atoms with van der Waals surface area (Å²) in [5.41, 5.74) is 10.3. The summed E-state index contributed by atoms with van der Waals surface area (Å²) in [6, 6.07) is 2.32. The molecule has 1 heterocycles. The summed E-state index contributed by atoms with van der Waals surface area (Å²) in [5, 5.41) is 0. The molecule has 0 radical (unpaired) electrons. The van der Waals surface area contributed by atoms with E-state index in [9.17, 15) is 0 Å². The fourth-order valence-electron chi connectivity index (χ4n) is 3.10. The van der Waals surface area contributed by atoms with E-state index in [1.807, 2.05) is 0 Å². The van der Waals surface area contributed by atoms with Crippen LogP contribution in [0.3, 0.4) is 0 Å². The van der Waals surface area contributed by atoms with Crippen LogP contribution >= 0.6 is 15.9 Å². The molecule has 1 aromatic carbocycles. The van der Waals surface area contributed by atoms with E-state index in [4.69, 9.17) is 10.5 Å². The van der Waals surface area contributed by atoms with Gasteiger partial charge in [0.15, 0.2) is 0 Å². The SMILES string of the molecule is CC1(C)C[C@H](N)c2c(Br)cc3c(c21)OCC3. The lowest BCUT2D eigenvalue weighted by Gasteiger charge is -2.21. The maximum Gasteiger partial charge on any atom is 0.126 e. The van der Waals surface area contributed by atoms with Gasteiger partial charge in [0.2, 0.25) is 0 Å². The Labute approximate surface area is 104 Å². The highest BCUT2D eigenvalue weighted by molar-refractivity contribution is 9.10. The molecule has 0 unspecified atom stereocenters. The van der Waals surface area contributed by atoms with E-state index in [0.717, 1.165) is 29.7 Å². The van der Waals surface area contributed by atoms with Crippen molar-refractivity contribution in [2.24, 2.45) is 5.73 Å². The number of rotatable bonds is 0. The van der Waals surface area contributed by atoms with Crippen LogP contribution in [0.4, 0.5) is 0 Å². The van der Waals surface area contributed by atoms with Gasteiger partial charge < -0.3 is 10.5 Å². The molecule has 1 aliphatic carbocycles. The molecule has 0 spiro atoms. The van der Waals surface area contributed by atoms with Crippen LogP contribution in [0.15, 0.2) is 10.5 Å². The van der Waals surface area contributed by atoms with Gasteiger partial charge in [-0.05, 0) is 29.0 Å². The van der Waals surface area contributed by atoms with Gasteiger partial charge in [-0.15, -0.1) is 0 Å². The van der Waals surface area contributed by atoms with E-state index in [2.05, 4.69) is 35.8 Å². The Kier molecular flexibility index (Phi) is 2.14. The number of ether oxygens (including phenoxy) is 1. The number of hydrogen-bond donors (Lipinski definition) is 1. The van der Waals surface area contributed by atoms with Gasteiger partial charge in [-0.3, -0.25) is 0 Å². The van der Waals surface area contributed by atoms with Gasteiger partial charge in [-0.1, -0.05) is 29.8 Å². The van der Waals surface area contributed by atoms with Crippen molar-refractivity contribution in [2.45, 2.75) is 38.1 Å². The summed E-state index contributed by atoms with van der Waals surface area (Å²) in [7, 11) is 0. The second kappa shape index (κ2) is 3.23. The van der Waals surface area contributed by atoms with E-state index in [-0.39, 0.29) is 11.5 Å². The first-order chi connectivity index (χ1) is 7.50. The van der Waals surface area contributed by atoms with Crippen LogP contribution < -0.4 is 10.5 Å². The summed E-state index contributed by atoms with van der Waals surface area (Å²) in [5.74, 6) is 1.11. The first-order valence-corrected chi connectivity index (χ1v) is 6.54. The van der Waals surface area contributed by atoms with Crippen LogP contribution in [0.5, 0.6) is 5.75 Å². The predicted octanol–water partition coefficient (Wildman–Crippen LogP) is 3.07. The Morgan fingerprint density at radius 3 is 3.00 bits per heavy atom. The fourth-order valence-corrected chi connectivity index (χ4v) is 3.87. The molecule has 2 nitrogen and oxygen atoms in total. The highest BCUT2D eigenvalue weighted by Gasteiger charge is 2.41. The van der Waals surface area contributed by atoms with Crippen LogP contribution in [-0.4, -0.2) is 6.61 Å². The zero-order valence-corrected chi connectivity index (χ0v) is 11.2. The number of hydrogen-bond acceptors (Lipinski definition) is 2. The van der Waals surface area contributed by atoms with Crippen molar-refractivity contribution in [1.82, 2.24) is 0 Å². The maximum absolute atomic E-state index is 6.23. The van der Waals surface area contributed by atoms with Crippen molar-refractivity contribution >= 4 is 15.9 Å². The van der Waals surface area contributed by atoms with E-state index >= 15 is 0 Å². The summed E-state index contributed by atoms with van der Waals surface area (Å²) in [6.45, 7) is 5.32. The Hall–Kier alpha value is -0.540. The normalized spacial score (nSPS) is 25.1. The highest BCUT2D eigenvalue weighted by atomic mass is 79.9. The van der Waals surface area contributed by atoms with Crippen LogP contribution in [0.25, 0.3) is 0 Å². The molecule has 1 aliphatic heterocycles. The van der Waals surface area contributed by atoms with Crippen LogP contribution in [0, 0.1) is 0 Å². The second-order valence-corrected chi connectivity index (χ2v) is 6.28. The number of benzene rings is 1. The molecule has 0 amide bonds. The van der Waals surface area contributed by atoms with Crippen LogP contribution in [0.1, 0.15) is 43.0 Å². The van der Waals surface area contributed by atoms with Gasteiger partial charge in [0.1, 0.15) is 5.75 Å². The van der Waals surface area contributed by atoms with Crippen molar-refractivity contribution in [3.63, 3.8) is 0 Å². The maximum atomic E-state index is 6.23. The third-order valence-corrected chi connectivity index (χ3v) is 4.40. The average molecular weight is 282 g/mol. The Morgan fingerprint density at radius 2 is 2.25 bits per heavy atom. The Balaban J connectivity index is 2.33. The predicted molar refractivity (Wildman–Crippen MR) is 67.9 cm³/mol. The van der Waals surface area contributed by atoms with Gasteiger partial charge in [-0.2, -0.15) is 0 Å². The van der Waals surface area contributed by atoms with Crippen molar-refractivity contribution in [3.05, 3.63) is 27.2 Å². The quantitative estimate of drug-likeness (QED) is 0.793. The second-order valence-electron chi connectivity index (χ2n) is 5.43. The molecular formula is C13H16BrNO. The summed E-state index contributed by atoms with van der Waals surface area (Å²) >= 11 is 3.66.